The number of aromatic nitrogens is 2. The normalized spacial score (nSPS) is 16.4. The summed E-state index contributed by atoms with van der Waals surface area (Å²) in [6.07, 6.45) is 4.38. The van der Waals surface area contributed by atoms with Crippen LogP contribution in [0.4, 0.5) is 0 Å². The number of rotatable bonds is 5. The molecule has 1 aromatic heterocycles. The van der Waals surface area contributed by atoms with E-state index in [2.05, 4.69) is 22.1 Å². The third kappa shape index (κ3) is 3.82. The molecule has 128 valence electrons. The SMILES string of the molecule is CCCN1CCC(NC(=O)Cn2c(=O)cnc3ccccc32)CC1. The van der Waals surface area contributed by atoms with Gasteiger partial charge in [0, 0.05) is 19.1 Å². The molecule has 3 rings (SSSR count). The van der Waals surface area contributed by atoms with Crippen molar-refractivity contribution in [3.8, 4) is 0 Å². The molecule has 1 aliphatic rings. The molecular weight excluding hydrogens is 304 g/mol. The fraction of sp³-hybridized carbons (Fsp3) is 0.500. The molecule has 6 heteroatoms. The molecule has 6 nitrogen and oxygen atoms in total. The second-order valence-corrected chi connectivity index (χ2v) is 6.35. The number of benzene rings is 1. The zero-order valence-corrected chi connectivity index (χ0v) is 14.1. The number of para-hydroxylation sites is 2. The zero-order valence-electron chi connectivity index (χ0n) is 14.1. The first-order chi connectivity index (χ1) is 11.7. The number of carbonyl (C=O) groups excluding carboxylic acids is 1. The maximum absolute atomic E-state index is 12.4. The molecule has 1 amide bonds. The lowest BCUT2D eigenvalue weighted by Crippen LogP contribution is -2.46. The Bertz CT molecular complexity index is 763. The summed E-state index contributed by atoms with van der Waals surface area (Å²) in [5, 5.41) is 3.08. The highest BCUT2D eigenvalue weighted by molar-refractivity contribution is 5.80. The number of likely N-dealkylation sites (tertiary alicyclic amines) is 1. The van der Waals surface area contributed by atoms with Crippen LogP contribution in [0.1, 0.15) is 26.2 Å². The first kappa shape index (κ1) is 16.6. The van der Waals surface area contributed by atoms with Crippen LogP contribution in [0.15, 0.2) is 35.3 Å². The Morgan fingerprint density at radius 3 is 2.79 bits per heavy atom. The molecule has 0 spiro atoms. The van der Waals surface area contributed by atoms with Crippen molar-refractivity contribution in [3.05, 3.63) is 40.8 Å². The van der Waals surface area contributed by atoms with E-state index < -0.39 is 0 Å². The molecule has 1 aromatic carbocycles. The molecule has 0 aliphatic carbocycles. The lowest BCUT2D eigenvalue weighted by atomic mass is 10.0. The van der Waals surface area contributed by atoms with E-state index in [0.29, 0.717) is 5.52 Å². The van der Waals surface area contributed by atoms with Crippen molar-refractivity contribution in [2.24, 2.45) is 0 Å². The first-order valence-electron chi connectivity index (χ1n) is 8.63. The maximum Gasteiger partial charge on any atom is 0.269 e. The largest absolute Gasteiger partial charge is 0.352 e. The molecule has 2 heterocycles. The van der Waals surface area contributed by atoms with Crippen LogP contribution in [0.25, 0.3) is 11.0 Å². The van der Waals surface area contributed by atoms with E-state index in [0.717, 1.165) is 44.4 Å². The van der Waals surface area contributed by atoms with Crippen molar-refractivity contribution >= 4 is 16.9 Å². The highest BCUT2D eigenvalue weighted by Gasteiger charge is 2.20. The number of amides is 1. The van der Waals surface area contributed by atoms with Crippen molar-refractivity contribution in [1.82, 2.24) is 19.8 Å². The molecule has 24 heavy (non-hydrogen) atoms. The molecule has 1 fully saturated rings. The summed E-state index contributed by atoms with van der Waals surface area (Å²) >= 11 is 0. The monoisotopic (exact) mass is 328 g/mol. The quantitative estimate of drug-likeness (QED) is 0.901. The van der Waals surface area contributed by atoms with Gasteiger partial charge in [-0.25, -0.2) is 4.98 Å². The van der Waals surface area contributed by atoms with E-state index in [1.165, 1.54) is 10.8 Å². The summed E-state index contributed by atoms with van der Waals surface area (Å²) in [5.74, 6) is -0.109. The minimum Gasteiger partial charge on any atom is -0.352 e. The van der Waals surface area contributed by atoms with Gasteiger partial charge in [-0.3, -0.25) is 14.2 Å². The Balaban J connectivity index is 1.64. The van der Waals surface area contributed by atoms with Crippen LogP contribution in [-0.2, 0) is 11.3 Å². The van der Waals surface area contributed by atoms with Crippen LogP contribution < -0.4 is 10.9 Å². The summed E-state index contributed by atoms with van der Waals surface area (Å²) in [5.41, 5.74) is 1.16. The maximum atomic E-state index is 12.4. The molecule has 0 unspecified atom stereocenters. The fourth-order valence-electron chi connectivity index (χ4n) is 3.31. The minimum absolute atomic E-state index is 0.0387. The van der Waals surface area contributed by atoms with E-state index in [1.807, 2.05) is 24.3 Å². The van der Waals surface area contributed by atoms with Crippen LogP contribution in [-0.4, -0.2) is 46.0 Å². The van der Waals surface area contributed by atoms with E-state index in [9.17, 15) is 9.59 Å². The number of hydrogen-bond acceptors (Lipinski definition) is 4. The summed E-state index contributed by atoms with van der Waals surface area (Å²) in [7, 11) is 0. The standard InChI is InChI=1S/C18H24N4O2/c1-2-9-21-10-7-14(8-11-21)20-17(23)13-22-16-6-4-3-5-15(16)19-12-18(22)24/h3-6,12,14H,2,7-11,13H2,1H3,(H,20,23). The van der Waals surface area contributed by atoms with Gasteiger partial charge >= 0.3 is 0 Å². The molecule has 0 atom stereocenters. The van der Waals surface area contributed by atoms with Crippen molar-refractivity contribution in [2.75, 3.05) is 19.6 Å². The van der Waals surface area contributed by atoms with Crippen LogP contribution in [0.2, 0.25) is 0 Å². The molecule has 0 bridgehead atoms. The number of carbonyl (C=O) groups is 1. The molecule has 1 aliphatic heterocycles. The molecule has 1 N–H and O–H groups in total. The van der Waals surface area contributed by atoms with E-state index in [-0.39, 0.29) is 24.1 Å². The topological polar surface area (TPSA) is 67.2 Å². The van der Waals surface area contributed by atoms with E-state index in [4.69, 9.17) is 0 Å². The van der Waals surface area contributed by atoms with Gasteiger partial charge < -0.3 is 10.2 Å². The van der Waals surface area contributed by atoms with Gasteiger partial charge in [0.05, 0.1) is 17.2 Å². The van der Waals surface area contributed by atoms with Crippen LogP contribution in [0.3, 0.4) is 0 Å². The third-order valence-corrected chi connectivity index (χ3v) is 4.55. The second kappa shape index (κ2) is 7.57. The van der Waals surface area contributed by atoms with Gasteiger partial charge in [0.1, 0.15) is 6.54 Å². The van der Waals surface area contributed by atoms with Gasteiger partial charge in [-0.2, -0.15) is 0 Å². The Kier molecular flexibility index (Phi) is 5.25. The number of hydrogen-bond donors (Lipinski definition) is 1. The average Bonchev–Trinajstić information content (AvgIpc) is 2.59. The van der Waals surface area contributed by atoms with Gasteiger partial charge in [-0.1, -0.05) is 19.1 Å². The molecule has 0 radical (unpaired) electrons. The number of nitrogens with zero attached hydrogens (tertiary/aromatic N) is 3. The highest BCUT2D eigenvalue weighted by Crippen LogP contribution is 2.11. The fourth-order valence-corrected chi connectivity index (χ4v) is 3.31. The van der Waals surface area contributed by atoms with Gasteiger partial charge in [0.25, 0.3) is 5.56 Å². The zero-order chi connectivity index (χ0) is 16.9. The second-order valence-electron chi connectivity index (χ2n) is 6.35. The highest BCUT2D eigenvalue weighted by atomic mass is 16.2. The molecular formula is C18H24N4O2. The lowest BCUT2D eigenvalue weighted by Gasteiger charge is -2.32. The van der Waals surface area contributed by atoms with Crippen molar-refractivity contribution in [3.63, 3.8) is 0 Å². The molecule has 0 saturated carbocycles. The van der Waals surface area contributed by atoms with Gasteiger partial charge in [0.2, 0.25) is 5.91 Å². The Hall–Kier alpha value is -2.21. The molecule has 1 saturated heterocycles. The Labute approximate surface area is 141 Å². The summed E-state index contributed by atoms with van der Waals surface area (Å²) in [6.45, 7) is 5.40. The van der Waals surface area contributed by atoms with Crippen molar-refractivity contribution < 1.29 is 4.79 Å². The number of fused-ring (bicyclic) bond motifs is 1. The smallest absolute Gasteiger partial charge is 0.269 e. The number of nitrogens with one attached hydrogen (secondary N) is 1. The number of piperidine rings is 1. The van der Waals surface area contributed by atoms with Crippen molar-refractivity contribution in [1.29, 1.82) is 0 Å². The van der Waals surface area contributed by atoms with Gasteiger partial charge in [-0.15, -0.1) is 0 Å². The Morgan fingerprint density at radius 1 is 1.29 bits per heavy atom. The summed E-state index contributed by atoms with van der Waals surface area (Å²) in [4.78, 5) is 31.0. The van der Waals surface area contributed by atoms with Crippen LogP contribution in [0, 0.1) is 0 Å². The van der Waals surface area contributed by atoms with Gasteiger partial charge in [0.15, 0.2) is 0 Å². The average molecular weight is 328 g/mol. The third-order valence-electron chi connectivity index (χ3n) is 4.55. The predicted molar refractivity (Wildman–Crippen MR) is 93.9 cm³/mol. The Morgan fingerprint density at radius 2 is 2.04 bits per heavy atom. The first-order valence-corrected chi connectivity index (χ1v) is 8.63. The van der Waals surface area contributed by atoms with Gasteiger partial charge in [-0.05, 0) is 37.9 Å². The van der Waals surface area contributed by atoms with E-state index >= 15 is 0 Å². The molecule has 2 aromatic rings. The van der Waals surface area contributed by atoms with Crippen LogP contribution >= 0.6 is 0 Å². The lowest BCUT2D eigenvalue weighted by molar-refractivity contribution is -0.122. The minimum atomic E-state index is -0.249. The van der Waals surface area contributed by atoms with E-state index in [1.54, 1.807) is 0 Å². The van der Waals surface area contributed by atoms with Crippen molar-refractivity contribution in [2.45, 2.75) is 38.8 Å². The predicted octanol–water partition coefficient (Wildman–Crippen LogP) is 1.39. The van der Waals surface area contributed by atoms with Crippen LogP contribution in [0.5, 0.6) is 0 Å². The summed E-state index contributed by atoms with van der Waals surface area (Å²) < 4.78 is 1.49. The summed E-state index contributed by atoms with van der Waals surface area (Å²) in [6, 6.07) is 7.58.